The maximum absolute atomic E-state index is 13.2. The van der Waals surface area contributed by atoms with Crippen molar-refractivity contribution in [2.24, 2.45) is 0 Å². The molecule has 0 heterocycles. The van der Waals surface area contributed by atoms with Gasteiger partial charge in [-0.2, -0.15) is 0 Å². The van der Waals surface area contributed by atoms with E-state index in [-0.39, 0.29) is 4.90 Å². The maximum atomic E-state index is 13.2. The Labute approximate surface area is 173 Å². The summed E-state index contributed by atoms with van der Waals surface area (Å²) >= 11 is 0. The molecule has 0 radical (unpaired) electrons. The summed E-state index contributed by atoms with van der Waals surface area (Å²) in [5.74, 6) is -5.27. The Morgan fingerprint density at radius 1 is 0.767 bits per heavy atom. The Bertz CT molecular complexity index is 1010. The molecule has 1 aromatic carbocycles. The Kier molecular flexibility index (Phi) is 8.47. The quantitative estimate of drug-likeness (QED) is 0.257. The van der Waals surface area contributed by atoms with Gasteiger partial charge in [-0.05, 0) is 19.1 Å². The predicted molar refractivity (Wildman–Crippen MR) is 102 cm³/mol. The van der Waals surface area contributed by atoms with Crippen molar-refractivity contribution in [2.75, 3.05) is 28.4 Å². The van der Waals surface area contributed by atoms with Gasteiger partial charge in [-0.1, -0.05) is 17.7 Å². The maximum Gasteiger partial charge on any atom is 0.350 e. The first-order valence-corrected chi connectivity index (χ1v) is 9.64. The van der Waals surface area contributed by atoms with Gasteiger partial charge in [-0.25, -0.2) is 27.6 Å². The zero-order valence-corrected chi connectivity index (χ0v) is 17.7. The van der Waals surface area contributed by atoms with Crippen LogP contribution in [0.2, 0.25) is 0 Å². The molecule has 0 spiro atoms. The Hall–Kier alpha value is -3.47. The summed E-state index contributed by atoms with van der Waals surface area (Å²) in [5.41, 5.74) is -1.18. The molecule has 1 aromatic rings. The molecular weight excluding hydrogens is 420 g/mol. The molecule has 0 saturated heterocycles. The first kappa shape index (κ1) is 24.6. The fourth-order valence-electron chi connectivity index (χ4n) is 2.22. The summed E-state index contributed by atoms with van der Waals surface area (Å²) in [7, 11) is -1.03. The van der Waals surface area contributed by atoms with E-state index in [4.69, 9.17) is 0 Å². The smallest absolute Gasteiger partial charge is 0.350 e. The number of hydrogen-bond acceptors (Lipinski definition) is 10. The molecule has 0 atom stereocenters. The molecule has 0 saturated carbocycles. The Balaban J connectivity index is 4.11. The summed E-state index contributed by atoms with van der Waals surface area (Å²) in [6.45, 7) is 1.71. The van der Waals surface area contributed by atoms with Crippen LogP contribution in [-0.2, 0) is 48.0 Å². The van der Waals surface area contributed by atoms with E-state index in [9.17, 15) is 27.6 Å². The highest BCUT2D eigenvalue weighted by Crippen LogP contribution is 2.29. The van der Waals surface area contributed by atoms with Gasteiger partial charge < -0.3 is 18.9 Å². The van der Waals surface area contributed by atoms with E-state index in [2.05, 4.69) is 18.9 Å². The van der Waals surface area contributed by atoms with Crippen LogP contribution < -0.4 is 0 Å². The number of carbonyl (C=O) groups is 4. The average Bonchev–Trinajstić information content (AvgIpc) is 2.74. The first-order valence-electron chi connectivity index (χ1n) is 8.16. The van der Waals surface area contributed by atoms with E-state index < -0.39 is 49.8 Å². The number of aryl methyl sites for hydroxylation is 1. The van der Waals surface area contributed by atoms with Crippen LogP contribution in [0, 0.1) is 6.92 Å². The third-order valence-electron chi connectivity index (χ3n) is 3.73. The Morgan fingerprint density at radius 3 is 1.70 bits per heavy atom. The summed E-state index contributed by atoms with van der Waals surface area (Å²) in [5, 5.41) is 0. The van der Waals surface area contributed by atoms with Crippen molar-refractivity contribution in [2.45, 2.75) is 11.8 Å². The third-order valence-corrected chi connectivity index (χ3v) is 5.53. The van der Waals surface area contributed by atoms with Crippen LogP contribution in [0.1, 0.15) is 5.56 Å². The second-order valence-electron chi connectivity index (χ2n) is 5.58. The van der Waals surface area contributed by atoms with Crippen molar-refractivity contribution in [1.29, 1.82) is 0 Å². The second-order valence-corrected chi connectivity index (χ2v) is 7.46. The van der Waals surface area contributed by atoms with E-state index in [1.165, 1.54) is 24.3 Å². The fourth-order valence-corrected chi connectivity index (χ4v) is 3.72. The lowest BCUT2D eigenvalue weighted by molar-refractivity contribution is -0.141. The zero-order valence-electron chi connectivity index (χ0n) is 16.9. The van der Waals surface area contributed by atoms with E-state index >= 15 is 0 Å². The molecule has 11 heteroatoms. The van der Waals surface area contributed by atoms with Crippen molar-refractivity contribution in [3.05, 3.63) is 52.0 Å². The molecule has 0 N–H and O–H groups in total. The summed E-state index contributed by atoms with van der Waals surface area (Å²) in [4.78, 5) is 47.4. The fraction of sp³-hybridized carbons (Fsp3) is 0.263. The van der Waals surface area contributed by atoms with Crippen LogP contribution in [0.3, 0.4) is 0 Å². The molecule has 30 heavy (non-hydrogen) atoms. The number of hydrogen-bond donors (Lipinski definition) is 0. The summed E-state index contributed by atoms with van der Waals surface area (Å²) < 4.78 is 44.5. The average molecular weight is 440 g/mol. The highest BCUT2D eigenvalue weighted by atomic mass is 32.2. The number of ether oxygens (including phenoxy) is 4. The van der Waals surface area contributed by atoms with Gasteiger partial charge in [0.15, 0.2) is 4.91 Å². The molecule has 1 rings (SSSR count). The van der Waals surface area contributed by atoms with Gasteiger partial charge in [0, 0.05) is 6.08 Å². The topological polar surface area (TPSA) is 139 Å². The number of rotatable bonds is 7. The molecule has 0 amide bonds. The van der Waals surface area contributed by atoms with Crippen molar-refractivity contribution >= 4 is 33.7 Å². The summed E-state index contributed by atoms with van der Waals surface area (Å²) in [6.07, 6.45) is 0.506. The number of benzene rings is 1. The minimum absolute atomic E-state index is 0.364. The van der Waals surface area contributed by atoms with E-state index in [0.29, 0.717) is 6.08 Å². The highest BCUT2D eigenvalue weighted by Gasteiger charge is 2.39. The lowest BCUT2D eigenvalue weighted by Crippen LogP contribution is -2.25. The molecule has 0 bridgehead atoms. The lowest BCUT2D eigenvalue weighted by Gasteiger charge is -2.15. The summed E-state index contributed by atoms with van der Waals surface area (Å²) in [6, 6.07) is 5.32. The van der Waals surface area contributed by atoms with Gasteiger partial charge in [-0.3, -0.25) is 0 Å². The van der Waals surface area contributed by atoms with Crippen molar-refractivity contribution in [3.8, 4) is 0 Å². The minimum Gasteiger partial charge on any atom is -0.466 e. The minimum atomic E-state index is -4.71. The van der Waals surface area contributed by atoms with E-state index in [1.807, 2.05) is 0 Å². The SMILES string of the molecule is COC(=O)/C=C(C(=O)OC)/C(C(=O)OC)=C(\C(=O)OC)S(=O)(=O)c1ccc(C)cc1. The van der Waals surface area contributed by atoms with Crippen LogP contribution in [0.25, 0.3) is 0 Å². The van der Waals surface area contributed by atoms with Crippen LogP contribution in [0.15, 0.2) is 51.3 Å². The van der Waals surface area contributed by atoms with Crippen LogP contribution in [0.5, 0.6) is 0 Å². The molecular formula is C19H20O10S. The number of sulfone groups is 1. The van der Waals surface area contributed by atoms with Gasteiger partial charge in [0.05, 0.1) is 38.9 Å². The highest BCUT2D eigenvalue weighted by molar-refractivity contribution is 7.96. The zero-order chi connectivity index (χ0) is 23.1. The molecule has 162 valence electrons. The van der Waals surface area contributed by atoms with Crippen molar-refractivity contribution < 1.29 is 46.5 Å². The second kappa shape index (κ2) is 10.3. The third kappa shape index (κ3) is 5.32. The number of methoxy groups -OCH3 is 4. The standard InChI is InChI=1S/C19H20O10S/c1-11-6-8-12(9-7-11)30(24,25)16(19(23)29-5)15(18(22)28-4)13(17(21)27-3)10-14(20)26-2/h6-10H,1-5H3/b13-10-,16-15-. The number of esters is 4. The van der Waals surface area contributed by atoms with E-state index in [0.717, 1.165) is 34.0 Å². The monoisotopic (exact) mass is 440 g/mol. The van der Waals surface area contributed by atoms with Crippen LogP contribution in [0.4, 0.5) is 0 Å². The first-order chi connectivity index (χ1) is 14.0. The predicted octanol–water partition coefficient (Wildman–Crippen LogP) is 0.641. The molecule has 10 nitrogen and oxygen atoms in total. The van der Waals surface area contributed by atoms with Gasteiger partial charge in [-0.15, -0.1) is 0 Å². The molecule has 0 aliphatic carbocycles. The van der Waals surface area contributed by atoms with Crippen molar-refractivity contribution in [1.82, 2.24) is 0 Å². The van der Waals surface area contributed by atoms with E-state index in [1.54, 1.807) is 6.92 Å². The largest absolute Gasteiger partial charge is 0.466 e. The van der Waals surface area contributed by atoms with Crippen LogP contribution in [-0.4, -0.2) is 60.7 Å². The van der Waals surface area contributed by atoms with Gasteiger partial charge in [0.25, 0.3) is 0 Å². The normalized spacial score (nSPS) is 12.4. The molecule has 0 fully saturated rings. The van der Waals surface area contributed by atoms with Gasteiger partial charge >= 0.3 is 23.9 Å². The molecule has 0 unspecified atom stereocenters. The molecule has 0 aromatic heterocycles. The van der Waals surface area contributed by atoms with Crippen LogP contribution >= 0.6 is 0 Å². The van der Waals surface area contributed by atoms with Crippen molar-refractivity contribution in [3.63, 3.8) is 0 Å². The number of carbonyl (C=O) groups excluding carboxylic acids is 4. The molecule has 0 aliphatic rings. The molecule has 0 aliphatic heterocycles. The lowest BCUT2D eigenvalue weighted by atomic mass is 10.1. The van der Waals surface area contributed by atoms with Gasteiger partial charge in [0.1, 0.15) is 5.57 Å². The Morgan fingerprint density at radius 2 is 1.27 bits per heavy atom. The van der Waals surface area contributed by atoms with Gasteiger partial charge in [0.2, 0.25) is 9.84 Å².